The molecule has 1 amide bonds. The normalized spacial score (nSPS) is 11.1. The van der Waals surface area contributed by atoms with Gasteiger partial charge in [0.15, 0.2) is 17.1 Å². The van der Waals surface area contributed by atoms with E-state index in [0.717, 1.165) is 5.52 Å². The number of aromatic nitrogens is 1. The zero-order chi connectivity index (χ0) is 23.0. The summed E-state index contributed by atoms with van der Waals surface area (Å²) in [5.74, 6) is 0.418. The van der Waals surface area contributed by atoms with Crippen molar-refractivity contribution in [2.24, 2.45) is 5.10 Å². The lowest BCUT2D eigenvalue weighted by Crippen LogP contribution is -2.19. The molecule has 0 atom stereocenters. The number of halogens is 1. The Morgan fingerprint density at radius 1 is 1.15 bits per heavy atom. The van der Waals surface area contributed by atoms with E-state index in [1.165, 1.54) is 31.2 Å². The Hall–Kier alpha value is -3.85. The van der Waals surface area contributed by atoms with Gasteiger partial charge < -0.3 is 13.9 Å². The van der Waals surface area contributed by atoms with Gasteiger partial charge in [0, 0.05) is 5.56 Å². The second-order valence-corrected chi connectivity index (χ2v) is 7.75. The van der Waals surface area contributed by atoms with Crippen LogP contribution in [0.25, 0.3) is 11.1 Å². The monoisotopic (exact) mass is 465 g/mol. The van der Waals surface area contributed by atoms with Crippen LogP contribution >= 0.6 is 11.8 Å². The highest BCUT2D eigenvalue weighted by Gasteiger charge is 2.10. The Morgan fingerprint density at radius 3 is 2.79 bits per heavy atom. The van der Waals surface area contributed by atoms with Crippen molar-refractivity contribution >= 4 is 35.0 Å². The smallest absolute Gasteiger partial charge is 0.257 e. The van der Waals surface area contributed by atoms with Crippen LogP contribution in [-0.4, -0.2) is 30.0 Å². The minimum atomic E-state index is -0.328. The number of rotatable bonds is 9. The molecule has 0 spiro atoms. The standard InChI is InChI=1S/C24H20FN3O4S/c1-30-22-12-16(10-11-21(22)31-14-17-6-2-3-7-18(17)25)13-26-28-23(29)15-33-24-27-19-8-4-5-9-20(19)32-24/h2-13H,14-15H2,1H3,(H,28,29)/b26-13+. The molecule has 0 radical (unpaired) electrons. The molecule has 1 aromatic heterocycles. The van der Waals surface area contributed by atoms with Crippen LogP contribution in [0.3, 0.4) is 0 Å². The molecule has 3 aromatic carbocycles. The summed E-state index contributed by atoms with van der Waals surface area (Å²) in [4.78, 5) is 16.4. The zero-order valence-corrected chi connectivity index (χ0v) is 18.5. The van der Waals surface area contributed by atoms with Crippen molar-refractivity contribution in [1.29, 1.82) is 0 Å². The van der Waals surface area contributed by atoms with Crippen molar-refractivity contribution in [2.45, 2.75) is 11.8 Å². The van der Waals surface area contributed by atoms with Crippen molar-refractivity contribution in [3.8, 4) is 11.5 Å². The van der Waals surface area contributed by atoms with Crippen molar-refractivity contribution in [3.63, 3.8) is 0 Å². The summed E-state index contributed by atoms with van der Waals surface area (Å²) in [6.07, 6.45) is 1.49. The van der Waals surface area contributed by atoms with Gasteiger partial charge in [0.1, 0.15) is 17.9 Å². The number of benzene rings is 3. The van der Waals surface area contributed by atoms with Gasteiger partial charge in [-0.15, -0.1) is 0 Å². The number of thioether (sulfide) groups is 1. The van der Waals surface area contributed by atoms with Gasteiger partial charge >= 0.3 is 0 Å². The molecule has 0 saturated carbocycles. The third-order valence-corrected chi connectivity index (χ3v) is 5.36. The van der Waals surface area contributed by atoms with Crippen molar-refractivity contribution in [3.05, 3.63) is 83.7 Å². The summed E-state index contributed by atoms with van der Waals surface area (Å²) in [5, 5.41) is 4.39. The number of oxazole rings is 1. The third-order valence-electron chi connectivity index (χ3n) is 4.53. The van der Waals surface area contributed by atoms with Gasteiger partial charge in [-0.1, -0.05) is 42.1 Å². The van der Waals surface area contributed by atoms with Crippen molar-refractivity contribution in [2.75, 3.05) is 12.9 Å². The molecule has 4 aromatic rings. The summed E-state index contributed by atoms with van der Waals surface area (Å²) in [5.41, 5.74) is 5.02. The summed E-state index contributed by atoms with van der Waals surface area (Å²) in [6, 6.07) is 19.0. The first kappa shape index (κ1) is 22.3. The highest BCUT2D eigenvalue weighted by Crippen LogP contribution is 2.28. The van der Waals surface area contributed by atoms with Crippen LogP contribution in [0.5, 0.6) is 11.5 Å². The van der Waals surface area contributed by atoms with E-state index in [1.54, 1.807) is 36.4 Å². The number of nitrogens with one attached hydrogen (secondary N) is 1. The molecule has 168 valence electrons. The zero-order valence-electron chi connectivity index (χ0n) is 17.7. The highest BCUT2D eigenvalue weighted by molar-refractivity contribution is 7.99. The molecular formula is C24H20FN3O4S. The topological polar surface area (TPSA) is 86.0 Å². The number of carbonyl (C=O) groups is 1. The predicted octanol–water partition coefficient (Wildman–Crippen LogP) is 4.80. The average molecular weight is 466 g/mol. The van der Waals surface area contributed by atoms with Crippen LogP contribution in [0.2, 0.25) is 0 Å². The molecule has 33 heavy (non-hydrogen) atoms. The molecule has 0 saturated heterocycles. The fourth-order valence-electron chi connectivity index (χ4n) is 2.91. The van der Waals surface area contributed by atoms with E-state index < -0.39 is 0 Å². The van der Waals surface area contributed by atoms with Crippen molar-refractivity contribution < 1.29 is 23.1 Å². The maximum atomic E-state index is 13.8. The molecule has 0 fully saturated rings. The van der Waals surface area contributed by atoms with E-state index in [2.05, 4.69) is 15.5 Å². The summed E-state index contributed by atoms with van der Waals surface area (Å²) >= 11 is 1.19. The van der Waals surface area contributed by atoms with Crippen LogP contribution in [-0.2, 0) is 11.4 Å². The van der Waals surface area contributed by atoms with Crippen LogP contribution < -0.4 is 14.9 Å². The first-order chi connectivity index (χ1) is 16.1. The largest absolute Gasteiger partial charge is 0.493 e. The van der Waals surface area contributed by atoms with E-state index in [0.29, 0.717) is 33.4 Å². The van der Waals surface area contributed by atoms with Crippen LogP contribution in [0.15, 0.2) is 81.5 Å². The van der Waals surface area contributed by atoms with E-state index in [1.807, 2.05) is 24.3 Å². The molecular weight excluding hydrogens is 445 g/mol. The second kappa shape index (κ2) is 10.6. The maximum absolute atomic E-state index is 13.8. The van der Waals surface area contributed by atoms with E-state index in [4.69, 9.17) is 13.9 Å². The average Bonchev–Trinajstić information content (AvgIpc) is 3.26. The van der Waals surface area contributed by atoms with Gasteiger partial charge in [-0.2, -0.15) is 5.10 Å². The molecule has 0 aliphatic carbocycles. The minimum Gasteiger partial charge on any atom is -0.493 e. The van der Waals surface area contributed by atoms with Gasteiger partial charge in [-0.25, -0.2) is 14.8 Å². The maximum Gasteiger partial charge on any atom is 0.257 e. The molecule has 0 bridgehead atoms. The number of ether oxygens (including phenoxy) is 2. The number of methoxy groups -OCH3 is 1. The highest BCUT2D eigenvalue weighted by atomic mass is 32.2. The lowest BCUT2D eigenvalue weighted by atomic mass is 10.2. The summed E-state index contributed by atoms with van der Waals surface area (Å²) < 4.78 is 30.4. The number of fused-ring (bicyclic) bond motifs is 1. The number of amides is 1. The van der Waals surface area contributed by atoms with Gasteiger partial charge in [-0.05, 0) is 42.0 Å². The van der Waals surface area contributed by atoms with Gasteiger partial charge in [-0.3, -0.25) is 4.79 Å². The number of para-hydroxylation sites is 2. The fourth-order valence-corrected chi connectivity index (χ4v) is 3.54. The molecule has 9 heteroatoms. The molecule has 1 N–H and O–H groups in total. The summed E-state index contributed by atoms with van der Waals surface area (Å²) in [6.45, 7) is 0.0737. The Kier molecular flexibility index (Phi) is 7.21. The van der Waals surface area contributed by atoms with Crippen LogP contribution in [0.1, 0.15) is 11.1 Å². The minimum absolute atomic E-state index is 0.0737. The lowest BCUT2D eigenvalue weighted by molar-refractivity contribution is -0.118. The Balaban J connectivity index is 1.30. The quantitative estimate of drug-likeness (QED) is 0.217. The van der Waals surface area contributed by atoms with Gasteiger partial charge in [0.25, 0.3) is 11.1 Å². The van der Waals surface area contributed by atoms with Gasteiger partial charge in [0.2, 0.25) is 0 Å². The first-order valence-corrected chi connectivity index (χ1v) is 11.0. The molecule has 0 aliphatic heterocycles. The Bertz CT molecular complexity index is 1260. The van der Waals surface area contributed by atoms with Crippen molar-refractivity contribution in [1.82, 2.24) is 10.4 Å². The van der Waals surface area contributed by atoms with E-state index in [9.17, 15) is 9.18 Å². The van der Waals surface area contributed by atoms with E-state index in [-0.39, 0.29) is 24.1 Å². The number of nitrogens with zero attached hydrogens (tertiary/aromatic N) is 2. The van der Waals surface area contributed by atoms with E-state index >= 15 is 0 Å². The summed E-state index contributed by atoms with van der Waals surface area (Å²) in [7, 11) is 1.51. The number of hydrogen-bond donors (Lipinski definition) is 1. The lowest BCUT2D eigenvalue weighted by Gasteiger charge is -2.11. The molecule has 0 aliphatic rings. The van der Waals surface area contributed by atoms with Gasteiger partial charge in [0.05, 0.1) is 19.1 Å². The number of hydrogen-bond acceptors (Lipinski definition) is 7. The Morgan fingerprint density at radius 2 is 1.97 bits per heavy atom. The SMILES string of the molecule is COc1cc(/C=N/NC(=O)CSc2nc3ccccc3o2)ccc1OCc1ccccc1F. The molecule has 7 nitrogen and oxygen atoms in total. The Labute approximate surface area is 193 Å². The molecule has 0 unspecified atom stereocenters. The third kappa shape index (κ3) is 5.89. The second-order valence-electron chi connectivity index (χ2n) is 6.82. The molecule has 1 heterocycles. The predicted molar refractivity (Wildman–Crippen MR) is 124 cm³/mol. The molecule has 4 rings (SSSR count). The van der Waals surface area contributed by atoms with Crippen LogP contribution in [0, 0.1) is 5.82 Å². The number of carbonyl (C=O) groups excluding carboxylic acids is 1. The fraction of sp³-hybridized carbons (Fsp3) is 0.125. The first-order valence-electron chi connectivity index (χ1n) is 9.97. The number of hydrazone groups is 1. The van der Waals surface area contributed by atoms with Crippen LogP contribution in [0.4, 0.5) is 4.39 Å².